The SMILES string of the molecule is C[N+](C)(CCCCOc1ccccc1Cl)Cc1ccc(Br)o1.[Br-]. The molecule has 1 aromatic heterocycles. The quantitative estimate of drug-likeness (QED) is 0.439. The molecule has 3 nitrogen and oxygen atoms in total. The van der Waals surface area contributed by atoms with Crippen LogP contribution < -0.4 is 21.7 Å². The van der Waals surface area contributed by atoms with Crippen LogP contribution in [-0.2, 0) is 6.54 Å². The minimum Gasteiger partial charge on any atom is -1.00 e. The Hall–Kier alpha value is -0.490. The van der Waals surface area contributed by atoms with Gasteiger partial charge in [-0.1, -0.05) is 23.7 Å². The van der Waals surface area contributed by atoms with E-state index in [4.69, 9.17) is 20.8 Å². The van der Waals surface area contributed by atoms with E-state index in [1.54, 1.807) is 0 Å². The van der Waals surface area contributed by atoms with E-state index in [1.807, 2.05) is 36.4 Å². The highest BCUT2D eigenvalue weighted by molar-refractivity contribution is 9.10. The van der Waals surface area contributed by atoms with Gasteiger partial charge in [0.2, 0.25) is 0 Å². The van der Waals surface area contributed by atoms with E-state index in [0.717, 1.165) is 46.6 Å². The Bertz CT molecular complexity index is 602. The van der Waals surface area contributed by atoms with Crippen molar-refractivity contribution in [2.45, 2.75) is 19.4 Å². The summed E-state index contributed by atoms with van der Waals surface area (Å²) in [4.78, 5) is 0. The lowest BCUT2D eigenvalue weighted by atomic mass is 10.2. The molecule has 0 unspecified atom stereocenters. The number of quaternary nitrogens is 1. The van der Waals surface area contributed by atoms with Crippen LogP contribution in [0.2, 0.25) is 5.02 Å². The van der Waals surface area contributed by atoms with Crippen molar-refractivity contribution in [2.24, 2.45) is 0 Å². The largest absolute Gasteiger partial charge is 1.00 e. The molecule has 0 fully saturated rings. The maximum atomic E-state index is 6.06. The first-order valence-corrected chi connectivity index (χ1v) is 8.57. The van der Waals surface area contributed by atoms with Gasteiger partial charge in [-0.25, -0.2) is 0 Å². The fourth-order valence-electron chi connectivity index (χ4n) is 2.32. The monoisotopic (exact) mass is 465 g/mol. The summed E-state index contributed by atoms with van der Waals surface area (Å²) in [5, 5.41) is 0.669. The molecule has 0 saturated heterocycles. The molecule has 0 aliphatic heterocycles. The van der Waals surface area contributed by atoms with E-state index in [0.29, 0.717) is 11.6 Å². The van der Waals surface area contributed by atoms with Crippen molar-refractivity contribution in [1.82, 2.24) is 0 Å². The van der Waals surface area contributed by atoms with Crippen molar-refractivity contribution in [2.75, 3.05) is 27.2 Å². The molecule has 23 heavy (non-hydrogen) atoms. The summed E-state index contributed by atoms with van der Waals surface area (Å²) in [6.45, 7) is 2.65. The van der Waals surface area contributed by atoms with Crippen LogP contribution in [-0.4, -0.2) is 31.7 Å². The normalized spacial score (nSPS) is 11.1. The molecule has 0 radical (unpaired) electrons. The van der Waals surface area contributed by atoms with Crippen LogP contribution in [0.15, 0.2) is 45.5 Å². The Kier molecular flexibility index (Phi) is 8.69. The van der Waals surface area contributed by atoms with Gasteiger partial charge in [-0.2, -0.15) is 0 Å². The topological polar surface area (TPSA) is 22.4 Å². The molecule has 0 bridgehead atoms. The Labute approximate surface area is 162 Å². The average molecular weight is 468 g/mol. The molecule has 0 N–H and O–H groups in total. The fourth-order valence-corrected chi connectivity index (χ4v) is 2.85. The van der Waals surface area contributed by atoms with Crippen LogP contribution in [0.5, 0.6) is 5.75 Å². The highest BCUT2D eigenvalue weighted by Gasteiger charge is 2.17. The van der Waals surface area contributed by atoms with E-state index in [-0.39, 0.29) is 17.0 Å². The fraction of sp³-hybridized carbons (Fsp3) is 0.412. The summed E-state index contributed by atoms with van der Waals surface area (Å²) < 4.78 is 13.0. The average Bonchev–Trinajstić information content (AvgIpc) is 2.84. The first-order valence-electron chi connectivity index (χ1n) is 7.40. The molecule has 128 valence electrons. The Morgan fingerprint density at radius 2 is 1.87 bits per heavy atom. The van der Waals surface area contributed by atoms with E-state index >= 15 is 0 Å². The summed E-state index contributed by atoms with van der Waals surface area (Å²) in [6, 6.07) is 11.5. The molecule has 0 saturated carbocycles. The van der Waals surface area contributed by atoms with Crippen LogP contribution in [0.1, 0.15) is 18.6 Å². The second-order valence-electron chi connectivity index (χ2n) is 6.01. The van der Waals surface area contributed by atoms with Crippen molar-refractivity contribution in [3.8, 4) is 5.75 Å². The minimum absolute atomic E-state index is 0. The third kappa shape index (κ3) is 7.29. The van der Waals surface area contributed by atoms with Crippen molar-refractivity contribution in [3.05, 3.63) is 51.9 Å². The summed E-state index contributed by atoms with van der Waals surface area (Å²) in [7, 11) is 4.43. The molecule has 0 spiro atoms. The molecule has 0 aliphatic carbocycles. The van der Waals surface area contributed by atoms with Crippen molar-refractivity contribution < 1.29 is 30.6 Å². The number of nitrogens with zero attached hydrogens (tertiary/aromatic N) is 1. The smallest absolute Gasteiger partial charge is 0.169 e. The van der Waals surface area contributed by atoms with Crippen LogP contribution in [0, 0.1) is 0 Å². The minimum atomic E-state index is 0. The van der Waals surface area contributed by atoms with Gasteiger partial charge in [-0.3, -0.25) is 0 Å². The zero-order valence-corrected chi connectivity index (χ0v) is 17.3. The zero-order chi connectivity index (χ0) is 16.0. The van der Waals surface area contributed by atoms with Crippen LogP contribution >= 0.6 is 27.5 Å². The second kappa shape index (κ2) is 9.72. The van der Waals surface area contributed by atoms with Crippen LogP contribution in [0.3, 0.4) is 0 Å². The van der Waals surface area contributed by atoms with E-state index in [9.17, 15) is 0 Å². The summed E-state index contributed by atoms with van der Waals surface area (Å²) in [5.74, 6) is 1.77. The summed E-state index contributed by atoms with van der Waals surface area (Å²) >= 11 is 9.40. The van der Waals surface area contributed by atoms with E-state index in [1.165, 1.54) is 0 Å². The van der Waals surface area contributed by atoms with Crippen LogP contribution in [0.25, 0.3) is 0 Å². The van der Waals surface area contributed by atoms with Crippen LogP contribution in [0.4, 0.5) is 0 Å². The van der Waals surface area contributed by atoms with Gasteiger partial charge in [0.15, 0.2) is 10.4 Å². The second-order valence-corrected chi connectivity index (χ2v) is 7.20. The lowest BCUT2D eigenvalue weighted by molar-refractivity contribution is -0.904. The van der Waals surface area contributed by atoms with Gasteiger partial charge in [0.1, 0.15) is 12.3 Å². The third-order valence-electron chi connectivity index (χ3n) is 3.46. The predicted molar refractivity (Wildman–Crippen MR) is 93.3 cm³/mol. The number of hydrogen-bond donors (Lipinski definition) is 0. The van der Waals surface area contributed by atoms with Gasteiger partial charge >= 0.3 is 0 Å². The molecule has 1 heterocycles. The molecular formula is C17H22Br2ClNO2. The molecule has 2 aromatic rings. The number of ether oxygens (including phenoxy) is 1. The Morgan fingerprint density at radius 1 is 1.13 bits per heavy atom. The number of hydrogen-bond acceptors (Lipinski definition) is 2. The van der Waals surface area contributed by atoms with Gasteiger partial charge in [-0.15, -0.1) is 0 Å². The number of benzene rings is 1. The lowest BCUT2D eigenvalue weighted by Crippen LogP contribution is -3.00. The number of rotatable bonds is 8. The van der Waals surface area contributed by atoms with E-state index < -0.39 is 0 Å². The van der Waals surface area contributed by atoms with Crippen molar-refractivity contribution in [3.63, 3.8) is 0 Å². The molecule has 2 rings (SSSR count). The van der Waals surface area contributed by atoms with E-state index in [2.05, 4.69) is 30.0 Å². The van der Waals surface area contributed by atoms with Gasteiger partial charge in [0.05, 0.1) is 32.3 Å². The number of para-hydroxylation sites is 1. The maximum Gasteiger partial charge on any atom is 0.169 e. The van der Waals surface area contributed by atoms with Gasteiger partial charge in [-0.05, 0) is 53.0 Å². The summed E-state index contributed by atoms with van der Waals surface area (Å²) in [5.41, 5.74) is 0. The maximum absolute atomic E-state index is 6.06. The first-order chi connectivity index (χ1) is 10.5. The van der Waals surface area contributed by atoms with Gasteiger partial charge in [0.25, 0.3) is 0 Å². The first kappa shape index (κ1) is 20.6. The summed E-state index contributed by atoms with van der Waals surface area (Å²) in [6.07, 6.45) is 2.11. The molecular weight excluding hydrogens is 445 g/mol. The standard InChI is InChI=1S/C17H22BrClNO2.BrH/c1-20(2,13-14-9-10-17(18)22-14)11-5-6-12-21-16-8-4-3-7-15(16)19;/h3-4,7-10H,5-6,11-13H2,1-2H3;1H/q+1;/p-1. The Morgan fingerprint density at radius 3 is 2.52 bits per heavy atom. The van der Waals surface area contributed by atoms with Gasteiger partial charge in [0, 0.05) is 0 Å². The highest BCUT2D eigenvalue weighted by atomic mass is 79.9. The zero-order valence-electron chi connectivity index (χ0n) is 13.4. The predicted octanol–water partition coefficient (Wildman–Crippen LogP) is 2.14. The molecule has 0 aliphatic rings. The van der Waals surface area contributed by atoms with Crippen molar-refractivity contribution >= 4 is 27.5 Å². The molecule has 0 atom stereocenters. The molecule has 0 amide bonds. The lowest BCUT2D eigenvalue weighted by Gasteiger charge is -2.28. The number of furan rings is 1. The third-order valence-corrected chi connectivity index (χ3v) is 4.20. The molecule has 6 heteroatoms. The Balaban J connectivity index is 0.00000264. The number of halogens is 3. The molecule has 1 aromatic carbocycles. The van der Waals surface area contributed by atoms with Crippen molar-refractivity contribution in [1.29, 1.82) is 0 Å². The number of unbranched alkanes of at least 4 members (excludes halogenated alkanes) is 1. The van der Waals surface area contributed by atoms with Gasteiger partial charge < -0.3 is 30.6 Å². The highest BCUT2D eigenvalue weighted by Crippen LogP contribution is 2.23.